The number of hydrogen-bond donors (Lipinski definition) is 3. The highest BCUT2D eigenvalue weighted by Crippen LogP contribution is 2.24. The fourth-order valence-electron chi connectivity index (χ4n) is 1.06. The highest BCUT2D eigenvalue weighted by Gasteiger charge is 2.17. The second-order valence-electron chi connectivity index (χ2n) is 2.78. The molecular weight excluding hydrogens is 222 g/mol. The number of halogens is 1. The molecular formula is C9H12ClNO4. The van der Waals surface area contributed by atoms with Crippen molar-refractivity contribution in [3.05, 3.63) is 23.8 Å². The third kappa shape index (κ3) is 3.30. The number of carbonyl (C=O) groups is 1. The fourth-order valence-corrected chi connectivity index (χ4v) is 1.06. The first kappa shape index (κ1) is 13.5. The zero-order valence-corrected chi connectivity index (χ0v) is 8.82. The molecule has 0 unspecified atom stereocenters. The van der Waals surface area contributed by atoms with E-state index in [0.29, 0.717) is 5.56 Å². The minimum Gasteiger partial charge on any atom is -0.508 e. The second-order valence-corrected chi connectivity index (χ2v) is 2.78. The zero-order chi connectivity index (χ0) is 10.7. The molecule has 0 bridgehead atoms. The number of hydrogen-bond acceptors (Lipinski definition) is 5. The first-order valence-electron chi connectivity index (χ1n) is 3.91. The van der Waals surface area contributed by atoms with Crippen molar-refractivity contribution in [1.82, 2.24) is 0 Å². The van der Waals surface area contributed by atoms with Crippen LogP contribution in [0.1, 0.15) is 11.6 Å². The van der Waals surface area contributed by atoms with E-state index in [1.165, 1.54) is 19.2 Å². The summed E-state index contributed by atoms with van der Waals surface area (Å²) in [5, 5.41) is 18.3. The highest BCUT2D eigenvalue weighted by molar-refractivity contribution is 5.85. The Labute approximate surface area is 92.9 Å². The Kier molecular flexibility index (Phi) is 4.90. The molecule has 0 spiro atoms. The van der Waals surface area contributed by atoms with Gasteiger partial charge in [-0.3, -0.25) is 4.79 Å². The van der Waals surface area contributed by atoms with Crippen molar-refractivity contribution in [3.8, 4) is 11.5 Å². The van der Waals surface area contributed by atoms with Gasteiger partial charge in [-0.2, -0.15) is 0 Å². The molecule has 0 amide bonds. The standard InChI is InChI=1S/C9H11NO4.ClH/c1-14-9(13)8(10)5-2-6(11)4-7(12)3-5;/h2-4,8,11-12H,10H2,1H3;1H/t8-;/m1./s1. The lowest BCUT2D eigenvalue weighted by molar-refractivity contribution is -0.142. The molecule has 1 rings (SSSR count). The van der Waals surface area contributed by atoms with E-state index in [-0.39, 0.29) is 23.9 Å². The Morgan fingerprint density at radius 2 is 1.80 bits per heavy atom. The maximum atomic E-state index is 11.0. The summed E-state index contributed by atoms with van der Waals surface area (Å²) in [6, 6.07) is 2.73. The van der Waals surface area contributed by atoms with E-state index < -0.39 is 12.0 Å². The molecule has 0 fully saturated rings. The number of benzene rings is 1. The van der Waals surface area contributed by atoms with E-state index in [1.54, 1.807) is 0 Å². The molecule has 5 nitrogen and oxygen atoms in total. The van der Waals surface area contributed by atoms with Crippen LogP contribution in [0.15, 0.2) is 18.2 Å². The fraction of sp³-hybridized carbons (Fsp3) is 0.222. The number of rotatable bonds is 2. The van der Waals surface area contributed by atoms with Crippen LogP contribution in [-0.4, -0.2) is 23.3 Å². The number of aromatic hydroxyl groups is 2. The summed E-state index contributed by atoms with van der Waals surface area (Å²) in [4.78, 5) is 11.0. The van der Waals surface area contributed by atoms with E-state index in [2.05, 4.69) is 4.74 Å². The van der Waals surface area contributed by atoms with Gasteiger partial charge < -0.3 is 20.7 Å². The van der Waals surface area contributed by atoms with Crippen molar-refractivity contribution < 1.29 is 19.7 Å². The summed E-state index contributed by atoms with van der Waals surface area (Å²) < 4.78 is 4.42. The largest absolute Gasteiger partial charge is 0.508 e. The molecule has 0 aliphatic rings. The minimum atomic E-state index is -1.00. The molecule has 1 aromatic rings. The van der Waals surface area contributed by atoms with Crippen molar-refractivity contribution >= 4 is 18.4 Å². The van der Waals surface area contributed by atoms with Gasteiger partial charge in [-0.05, 0) is 17.7 Å². The van der Waals surface area contributed by atoms with E-state index in [4.69, 9.17) is 15.9 Å². The Balaban J connectivity index is 0.00000196. The maximum Gasteiger partial charge on any atom is 0.327 e. The molecule has 0 saturated carbocycles. The predicted octanol–water partition coefficient (Wildman–Crippen LogP) is 0.692. The lowest BCUT2D eigenvalue weighted by atomic mass is 10.1. The predicted molar refractivity (Wildman–Crippen MR) is 56.0 cm³/mol. The van der Waals surface area contributed by atoms with Crippen LogP contribution < -0.4 is 5.73 Å². The van der Waals surface area contributed by atoms with Crippen molar-refractivity contribution in [2.24, 2.45) is 5.73 Å². The summed E-state index contributed by atoms with van der Waals surface area (Å²) >= 11 is 0. The van der Waals surface area contributed by atoms with Gasteiger partial charge in [0.05, 0.1) is 7.11 Å². The average molecular weight is 234 g/mol. The number of methoxy groups -OCH3 is 1. The van der Waals surface area contributed by atoms with Crippen LogP contribution in [0.2, 0.25) is 0 Å². The molecule has 0 aliphatic carbocycles. The molecule has 0 heterocycles. The van der Waals surface area contributed by atoms with Gasteiger partial charge in [0.25, 0.3) is 0 Å². The van der Waals surface area contributed by atoms with Crippen molar-refractivity contribution in [3.63, 3.8) is 0 Å². The monoisotopic (exact) mass is 233 g/mol. The Bertz CT molecular complexity index is 336. The molecule has 0 saturated heterocycles. The van der Waals surface area contributed by atoms with Crippen LogP contribution in [0.4, 0.5) is 0 Å². The van der Waals surface area contributed by atoms with Gasteiger partial charge in [0, 0.05) is 6.07 Å². The second kappa shape index (κ2) is 5.43. The number of phenolic OH excluding ortho intramolecular Hbond substituents is 2. The summed E-state index contributed by atoms with van der Waals surface area (Å²) in [5.41, 5.74) is 5.79. The minimum absolute atomic E-state index is 0. The van der Waals surface area contributed by atoms with Gasteiger partial charge >= 0.3 is 5.97 Å². The summed E-state index contributed by atoms with van der Waals surface area (Å²) in [6.45, 7) is 0. The molecule has 1 atom stereocenters. The van der Waals surface area contributed by atoms with E-state index in [1.807, 2.05) is 0 Å². The highest BCUT2D eigenvalue weighted by atomic mass is 35.5. The van der Waals surface area contributed by atoms with Gasteiger partial charge in [0.2, 0.25) is 0 Å². The van der Waals surface area contributed by atoms with Crippen molar-refractivity contribution in [1.29, 1.82) is 0 Å². The van der Waals surface area contributed by atoms with E-state index >= 15 is 0 Å². The number of ether oxygens (including phenoxy) is 1. The first-order valence-corrected chi connectivity index (χ1v) is 3.91. The molecule has 0 radical (unpaired) electrons. The van der Waals surface area contributed by atoms with Crippen LogP contribution in [0.3, 0.4) is 0 Å². The Morgan fingerprint density at radius 3 is 2.20 bits per heavy atom. The summed E-state index contributed by atoms with van der Waals surface area (Å²) in [7, 11) is 1.21. The molecule has 15 heavy (non-hydrogen) atoms. The van der Waals surface area contributed by atoms with Crippen LogP contribution in [0, 0.1) is 0 Å². The molecule has 0 aromatic heterocycles. The van der Waals surface area contributed by atoms with Crippen LogP contribution >= 0.6 is 12.4 Å². The first-order chi connectivity index (χ1) is 6.54. The Hall–Kier alpha value is -1.46. The van der Waals surface area contributed by atoms with Gasteiger partial charge in [-0.15, -0.1) is 12.4 Å². The smallest absolute Gasteiger partial charge is 0.327 e. The Morgan fingerprint density at radius 1 is 1.33 bits per heavy atom. The van der Waals surface area contributed by atoms with Crippen molar-refractivity contribution in [2.45, 2.75) is 6.04 Å². The molecule has 1 aromatic carbocycles. The van der Waals surface area contributed by atoms with E-state index in [0.717, 1.165) is 6.07 Å². The normalized spacial score (nSPS) is 11.3. The van der Waals surface area contributed by atoms with Crippen LogP contribution in [-0.2, 0) is 9.53 Å². The van der Waals surface area contributed by atoms with Crippen molar-refractivity contribution in [2.75, 3.05) is 7.11 Å². The quantitative estimate of drug-likeness (QED) is 0.654. The van der Waals surface area contributed by atoms with Crippen LogP contribution in [0.25, 0.3) is 0 Å². The number of carbonyl (C=O) groups excluding carboxylic acids is 1. The SMILES string of the molecule is COC(=O)[C@H](N)c1cc(O)cc(O)c1.Cl. The average Bonchev–Trinajstić information content (AvgIpc) is 2.14. The molecule has 84 valence electrons. The third-order valence-electron chi connectivity index (χ3n) is 1.74. The number of nitrogens with two attached hydrogens (primary N) is 1. The number of esters is 1. The molecule has 6 heteroatoms. The van der Waals surface area contributed by atoms with Crippen LogP contribution in [0.5, 0.6) is 11.5 Å². The summed E-state index contributed by atoms with van der Waals surface area (Å²) in [5.74, 6) is -0.936. The maximum absolute atomic E-state index is 11.0. The molecule has 0 aliphatic heterocycles. The lowest BCUT2D eigenvalue weighted by Gasteiger charge is -2.09. The number of phenols is 2. The van der Waals surface area contributed by atoms with Gasteiger partial charge in [0.15, 0.2) is 0 Å². The third-order valence-corrected chi connectivity index (χ3v) is 1.74. The lowest BCUT2D eigenvalue weighted by Crippen LogP contribution is -2.22. The van der Waals surface area contributed by atoms with Gasteiger partial charge in [-0.25, -0.2) is 0 Å². The van der Waals surface area contributed by atoms with Gasteiger partial charge in [0.1, 0.15) is 17.5 Å². The molecule has 4 N–H and O–H groups in total. The van der Waals surface area contributed by atoms with E-state index in [9.17, 15) is 4.79 Å². The summed E-state index contributed by atoms with van der Waals surface area (Å²) in [6.07, 6.45) is 0. The topological polar surface area (TPSA) is 92.8 Å². The van der Waals surface area contributed by atoms with Gasteiger partial charge in [-0.1, -0.05) is 0 Å². The zero-order valence-electron chi connectivity index (χ0n) is 8.01.